The number of rotatable bonds is 5. The number of nitrogens with zero attached hydrogens (tertiary/aromatic N) is 2. The van der Waals surface area contributed by atoms with Crippen molar-refractivity contribution in [1.82, 2.24) is 15.2 Å². The van der Waals surface area contributed by atoms with Gasteiger partial charge >= 0.3 is 18.0 Å². The molecule has 2 amide bonds. The van der Waals surface area contributed by atoms with Crippen LogP contribution in [0.25, 0.3) is 10.2 Å². The molecule has 2 heterocycles. The highest BCUT2D eigenvalue weighted by molar-refractivity contribution is 7.18. The molecule has 0 saturated carbocycles. The summed E-state index contributed by atoms with van der Waals surface area (Å²) in [7, 11) is 2.44. The number of likely N-dealkylation sites (tertiary alicyclic amines) is 1. The second-order valence-electron chi connectivity index (χ2n) is 6.61. The first kappa shape index (κ1) is 20.1. The maximum atomic E-state index is 12.7. The molecule has 3 rings (SSSR count). The van der Waals surface area contributed by atoms with Crippen molar-refractivity contribution in [1.29, 1.82) is 0 Å². The Bertz CT molecular complexity index is 835. The number of urea groups is 1. The molecule has 0 unspecified atom stereocenters. The van der Waals surface area contributed by atoms with Crippen LogP contribution in [0.4, 0.5) is 4.79 Å². The van der Waals surface area contributed by atoms with Crippen molar-refractivity contribution in [2.45, 2.75) is 31.2 Å². The molecule has 1 saturated heterocycles. The molecular formula is C19H23N3O5S. The quantitative estimate of drug-likeness (QED) is 0.767. The van der Waals surface area contributed by atoms with Crippen LogP contribution in [0.15, 0.2) is 24.3 Å². The number of esters is 2. The fourth-order valence-electron chi connectivity index (χ4n) is 3.25. The van der Waals surface area contributed by atoms with E-state index < -0.39 is 24.0 Å². The van der Waals surface area contributed by atoms with Gasteiger partial charge in [0.15, 0.2) is 0 Å². The van der Waals surface area contributed by atoms with E-state index in [1.54, 1.807) is 16.2 Å². The third-order valence-electron chi connectivity index (χ3n) is 4.75. The Morgan fingerprint density at radius 1 is 1.29 bits per heavy atom. The van der Waals surface area contributed by atoms with Crippen LogP contribution >= 0.6 is 11.3 Å². The zero-order valence-corrected chi connectivity index (χ0v) is 16.7. The van der Waals surface area contributed by atoms with Crippen molar-refractivity contribution < 1.29 is 23.9 Å². The Labute approximate surface area is 166 Å². The van der Waals surface area contributed by atoms with E-state index in [-0.39, 0.29) is 12.3 Å². The molecule has 0 bridgehead atoms. The predicted octanol–water partition coefficient (Wildman–Crippen LogP) is 2.29. The van der Waals surface area contributed by atoms with Crippen LogP contribution in [0.1, 0.15) is 30.2 Å². The van der Waals surface area contributed by atoms with Crippen molar-refractivity contribution in [3.05, 3.63) is 29.3 Å². The number of piperidine rings is 1. The molecule has 9 heteroatoms. The summed E-state index contributed by atoms with van der Waals surface area (Å²) in [6.45, 7) is 1.09. The Hall–Kier alpha value is -2.68. The van der Waals surface area contributed by atoms with Crippen LogP contribution in [-0.4, -0.2) is 61.2 Å². The molecule has 1 aromatic carbocycles. The van der Waals surface area contributed by atoms with Crippen LogP contribution < -0.4 is 5.32 Å². The molecule has 0 radical (unpaired) electrons. The Balaban J connectivity index is 1.67. The topological polar surface area (TPSA) is 97.8 Å². The lowest BCUT2D eigenvalue weighted by Crippen LogP contribution is -2.51. The van der Waals surface area contributed by atoms with Crippen LogP contribution in [0, 0.1) is 0 Å². The SMILES string of the molecule is COC(=O)C[C@H](NC(=O)N1CCC[C@H](c2nc3ccccc3s2)C1)C(=O)OC. The Morgan fingerprint density at radius 2 is 2.07 bits per heavy atom. The maximum absolute atomic E-state index is 12.7. The van der Waals surface area contributed by atoms with Gasteiger partial charge in [-0.3, -0.25) is 4.79 Å². The number of benzene rings is 1. The molecule has 1 aromatic heterocycles. The second kappa shape index (κ2) is 9.01. The van der Waals surface area contributed by atoms with Gasteiger partial charge in [-0.05, 0) is 25.0 Å². The highest BCUT2D eigenvalue weighted by Gasteiger charge is 2.31. The van der Waals surface area contributed by atoms with E-state index in [1.165, 1.54) is 14.2 Å². The fraction of sp³-hybridized carbons (Fsp3) is 0.474. The number of hydrogen-bond donors (Lipinski definition) is 1. The van der Waals surface area contributed by atoms with Gasteiger partial charge in [-0.2, -0.15) is 0 Å². The number of para-hydroxylation sites is 1. The summed E-state index contributed by atoms with van der Waals surface area (Å²) < 4.78 is 10.4. The zero-order valence-electron chi connectivity index (χ0n) is 15.8. The van der Waals surface area contributed by atoms with E-state index in [0.29, 0.717) is 13.1 Å². The molecule has 1 aliphatic heterocycles. The molecule has 0 aliphatic carbocycles. The van der Waals surface area contributed by atoms with Crippen LogP contribution in [0.2, 0.25) is 0 Å². The lowest BCUT2D eigenvalue weighted by atomic mass is 9.99. The maximum Gasteiger partial charge on any atom is 0.329 e. The molecule has 28 heavy (non-hydrogen) atoms. The number of ether oxygens (including phenoxy) is 2. The van der Waals surface area contributed by atoms with Gasteiger partial charge in [0.2, 0.25) is 0 Å². The molecule has 2 atom stereocenters. The summed E-state index contributed by atoms with van der Waals surface area (Å²) in [5, 5.41) is 3.61. The van der Waals surface area contributed by atoms with Gasteiger partial charge in [-0.15, -0.1) is 11.3 Å². The van der Waals surface area contributed by atoms with Crippen LogP contribution in [0.3, 0.4) is 0 Å². The third-order valence-corrected chi connectivity index (χ3v) is 5.95. The molecule has 8 nitrogen and oxygen atoms in total. The van der Waals surface area contributed by atoms with Crippen molar-refractivity contribution >= 4 is 39.5 Å². The minimum Gasteiger partial charge on any atom is -0.469 e. The van der Waals surface area contributed by atoms with Crippen LogP contribution in [-0.2, 0) is 19.1 Å². The van der Waals surface area contributed by atoms with Crippen molar-refractivity contribution in [3.63, 3.8) is 0 Å². The number of aromatic nitrogens is 1. The summed E-state index contributed by atoms with van der Waals surface area (Å²) in [4.78, 5) is 42.5. The molecule has 1 fully saturated rings. The number of hydrogen-bond acceptors (Lipinski definition) is 7. The summed E-state index contributed by atoms with van der Waals surface area (Å²) in [6.07, 6.45) is 1.52. The van der Waals surface area contributed by atoms with E-state index in [9.17, 15) is 14.4 Å². The van der Waals surface area contributed by atoms with E-state index in [1.807, 2.05) is 24.3 Å². The standard InChI is InChI=1S/C19H23N3O5S/c1-26-16(23)10-14(18(24)27-2)21-19(25)22-9-5-6-12(11-22)17-20-13-7-3-4-8-15(13)28-17/h3-4,7-8,12,14H,5-6,9-11H2,1-2H3,(H,21,25)/t12-,14-/m0/s1. The predicted molar refractivity (Wildman–Crippen MR) is 104 cm³/mol. The molecule has 1 N–H and O–H groups in total. The lowest BCUT2D eigenvalue weighted by Gasteiger charge is -2.32. The van der Waals surface area contributed by atoms with Gasteiger partial charge in [0.25, 0.3) is 0 Å². The van der Waals surface area contributed by atoms with Gasteiger partial charge in [-0.25, -0.2) is 14.6 Å². The molecular weight excluding hydrogens is 382 g/mol. The number of thiazole rings is 1. The van der Waals surface area contributed by atoms with Gasteiger partial charge in [0.05, 0.1) is 35.9 Å². The first-order valence-electron chi connectivity index (χ1n) is 9.07. The number of fused-ring (bicyclic) bond motifs is 1. The number of methoxy groups -OCH3 is 2. The van der Waals surface area contributed by atoms with Gasteiger partial charge in [0.1, 0.15) is 6.04 Å². The average Bonchev–Trinajstić information content (AvgIpc) is 3.17. The smallest absolute Gasteiger partial charge is 0.329 e. The molecule has 2 aromatic rings. The summed E-state index contributed by atoms with van der Waals surface area (Å²) in [5.41, 5.74) is 0.966. The van der Waals surface area contributed by atoms with E-state index >= 15 is 0 Å². The number of amides is 2. The first-order valence-corrected chi connectivity index (χ1v) is 9.89. The van der Waals surface area contributed by atoms with Crippen molar-refractivity contribution in [3.8, 4) is 0 Å². The van der Waals surface area contributed by atoms with Crippen molar-refractivity contribution in [2.24, 2.45) is 0 Å². The molecule has 150 valence electrons. The summed E-state index contributed by atoms with van der Waals surface area (Å²) >= 11 is 1.65. The normalized spacial score (nSPS) is 17.8. The molecule has 0 spiro atoms. The zero-order chi connectivity index (χ0) is 20.1. The number of nitrogens with one attached hydrogen (secondary N) is 1. The summed E-state index contributed by atoms with van der Waals surface area (Å²) in [5.74, 6) is -1.13. The Kier molecular flexibility index (Phi) is 6.45. The number of carbonyl (C=O) groups excluding carboxylic acids is 3. The minimum atomic E-state index is -1.08. The lowest BCUT2D eigenvalue weighted by molar-refractivity contribution is -0.149. The summed E-state index contributed by atoms with van der Waals surface area (Å²) in [6, 6.07) is 6.49. The highest BCUT2D eigenvalue weighted by atomic mass is 32.1. The van der Waals surface area contributed by atoms with E-state index in [4.69, 9.17) is 4.98 Å². The number of carbonyl (C=O) groups is 3. The Morgan fingerprint density at radius 3 is 2.79 bits per heavy atom. The van der Waals surface area contributed by atoms with Gasteiger partial charge < -0.3 is 19.7 Å². The minimum absolute atomic E-state index is 0.147. The second-order valence-corrected chi connectivity index (χ2v) is 7.67. The third kappa shape index (κ3) is 4.59. The highest BCUT2D eigenvalue weighted by Crippen LogP contribution is 2.32. The van der Waals surface area contributed by atoms with E-state index in [2.05, 4.69) is 14.8 Å². The van der Waals surface area contributed by atoms with Crippen molar-refractivity contribution in [2.75, 3.05) is 27.3 Å². The largest absolute Gasteiger partial charge is 0.469 e. The van der Waals surface area contributed by atoms with Crippen LogP contribution in [0.5, 0.6) is 0 Å². The van der Waals surface area contributed by atoms with E-state index in [0.717, 1.165) is 28.1 Å². The average molecular weight is 405 g/mol. The molecule has 1 aliphatic rings. The first-order chi connectivity index (χ1) is 13.5. The van der Waals surface area contributed by atoms with Gasteiger partial charge in [-0.1, -0.05) is 12.1 Å². The fourth-order valence-corrected chi connectivity index (χ4v) is 4.35. The van der Waals surface area contributed by atoms with Gasteiger partial charge in [0, 0.05) is 19.0 Å². The monoisotopic (exact) mass is 405 g/mol.